The number of hydrogen-bond donors (Lipinski definition) is 2. The Labute approximate surface area is 115 Å². The van der Waals surface area contributed by atoms with Crippen molar-refractivity contribution in [3.05, 3.63) is 23.4 Å². The molecule has 1 aromatic heterocycles. The zero-order valence-electron chi connectivity index (χ0n) is 12.4. The van der Waals surface area contributed by atoms with Gasteiger partial charge in [0.25, 0.3) is 5.91 Å². The van der Waals surface area contributed by atoms with Gasteiger partial charge in [-0.25, -0.2) is 4.98 Å². The molecule has 1 amide bonds. The first-order valence-corrected chi connectivity index (χ1v) is 6.56. The summed E-state index contributed by atoms with van der Waals surface area (Å²) in [4.78, 5) is 18.6. The van der Waals surface area contributed by atoms with E-state index < -0.39 is 0 Å². The quantitative estimate of drug-likeness (QED) is 0.818. The molecule has 1 heterocycles. The van der Waals surface area contributed by atoms with Gasteiger partial charge in [0.2, 0.25) is 0 Å². The summed E-state index contributed by atoms with van der Waals surface area (Å²) in [6.07, 6.45) is 0. The Morgan fingerprint density at radius 3 is 2.58 bits per heavy atom. The van der Waals surface area contributed by atoms with E-state index in [4.69, 9.17) is 0 Å². The summed E-state index contributed by atoms with van der Waals surface area (Å²) < 4.78 is 0. The molecule has 0 atom stereocenters. The number of likely N-dealkylation sites (N-methyl/N-ethyl adjacent to an activating group) is 1. The summed E-state index contributed by atoms with van der Waals surface area (Å²) in [6.45, 7) is 5.60. The molecule has 0 aliphatic heterocycles. The lowest BCUT2D eigenvalue weighted by atomic mass is 10.1. The maximum absolute atomic E-state index is 12.1. The van der Waals surface area contributed by atoms with Crippen molar-refractivity contribution < 1.29 is 4.79 Å². The van der Waals surface area contributed by atoms with E-state index in [1.807, 2.05) is 25.1 Å². The number of anilines is 1. The van der Waals surface area contributed by atoms with E-state index in [1.54, 1.807) is 13.1 Å². The van der Waals surface area contributed by atoms with Gasteiger partial charge in [-0.15, -0.1) is 0 Å². The van der Waals surface area contributed by atoms with Crippen molar-refractivity contribution in [1.82, 2.24) is 15.2 Å². The molecule has 1 aromatic rings. The molecule has 0 aromatic carbocycles. The van der Waals surface area contributed by atoms with Gasteiger partial charge < -0.3 is 15.5 Å². The molecule has 106 valence electrons. The van der Waals surface area contributed by atoms with E-state index >= 15 is 0 Å². The number of pyridine rings is 1. The molecule has 0 bridgehead atoms. The molecule has 5 nitrogen and oxygen atoms in total. The third-order valence-corrected chi connectivity index (χ3v) is 2.80. The van der Waals surface area contributed by atoms with Crippen LogP contribution in [0.25, 0.3) is 0 Å². The van der Waals surface area contributed by atoms with Gasteiger partial charge in [0, 0.05) is 31.4 Å². The molecular formula is C14H24N4O. The molecule has 0 spiro atoms. The second-order valence-corrected chi connectivity index (χ2v) is 5.13. The Morgan fingerprint density at radius 2 is 2.05 bits per heavy atom. The van der Waals surface area contributed by atoms with Crippen molar-refractivity contribution in [1.29, 1.82) is 0 Å². The smallest absolute Gasteiger partial charge is 0.251 e. The molecule has 2 N–H and O–H groups in total. The van der Waals surface area contributed by atoms with Crippen LogP contribution in [-0.4, -0.2) is 50.0 Å². The fourth-order valence-electron chi connectivity index (χ4n) is 1.60. The largest absolute Gasteiger partial charge is 0.373 e. The van der Waals surface area contributed by atoms with Gasteiger partial charge in [0.15, 0.2) is 0 Å². The highest BCUT2D eigenvalue weighted by molar-refractivity contribution is 5.95. The van der Waals surface area contributed by atoms with Crippen molar-refractivity contribution in [3.8, 4) is 0 Å². The number of nitrogens with zero attached hydrogens (tertiary/aromatic N) is 2. The summed E-state index contributed by atoms with van der Waals surface area (Å²) in [5.41, 5.74) is 1.58. The molecule has 0 radical (unpaired) electrons. The van der Waals surface area contributed by atoms with E-state index in [-0.39, 0.29) is 5.91 Å². The topological polar surface area (TPSA) is 57.3 Å². The monoisotopic (exact) mass is 264 g/mol. The molecule has 0 fully saturated rings. The van der Waals surface area contributed by atoms with Gasteiger partial charge in [0.05, 0.1) is 0 Å². The second-order valence-electron chi connectivity index (χ2n) is 5.13. The van der Waals surface area contributed by atoms with E-state index in [0.717, 1.165) is 18.1 Å². The number of rotatable bonds is 6. The predicted molar refractivity (Wildman–Crippen MR) is 78.8 cm³/mol. The Bertz CT molecular complexity index is 429. The summed E-state index contributed by atoms with van der Waals surface area (Å²) in [5.74, 6) is 0.966. The Kier molecular flexibility index (Phi) is 5.76. The van der Waals surface area contributed by atoms with Crippen LogP contribution in [0.4, 0.5) is 5.82 Å². The first-order valence-electron chi connectivity index (χ1n) is 6.56. The molecule has 0 saturated heterocycles. The highest BCUT2D eigenvalue weighted by atomic mass is 16.1. The fraction of sp³-hybridized carbons (Fsp3) is 0.571. The summed E-state index contributed by atoms with van der Waals surface area (Å²) in [7, 11) is 5.77. The normalized spacial score (nSPS) is 10.9. The van der Waals surface area contributed by atoms with Crippen LogP contribution >= 0.6 is 0 Å². The van der Waals surface area contributed by atoms with Crippen LogP contribution in [0.5, 0.6) is 0 Å². The number of nitrogens with one attached hydrogen (secondary N) is 2. The highest BCUT2D eigenvalue weighted by Crippen LogP contribution is 2.17. The zero-order chi connectivity index (χ0) is 14.4. The Hall–Kier alpha value is -1.62. The summed E-state index contributed by atoms with van der Waals surface area (Å²) in [5, 5.41) is 5.90. The van der Waals surface area contributed by atoms with Gasteiger partial charge in [-0.3, -0.25) is 4.79 Å². The lowest BCUT2D eigenvalue weighted by molar-refractivity contribution is 0.0951. The highest BCUT2D eigenvalue weighted by Gasteiger charge is 2.11. The molecule has 0 unspecified atom stereocenters. The van der Waals surface area contributed by atoms with Gasteiger partial charge >= 0.3 is 0 Å². The van der Waals surface area contributed by atoms with Crippen LogP contribution in [0, 0.1) is 0 Å². The summed E-state index contributed by atoms with van der Waals surface area (Å²) in [6, 6.07) is 3.63. The van der Waals surface area contributed by atoms with Crippen molar-refractivity contribution in [2.75, 3.05) is 39.5 Å². The average molecular weight is 264 g/mol. The predicted octanol–water partition coefficient (Wildman–Crippen LogP) is 1.54. The minimum Gasteiger partial charge on any atom is -0.373 e. The minimum absolute atomic E-state index is 0.0531. The Balaban J connectivity index is 2.80. The van der Waals surface area contributed by atoms with Crippen molar-refractivity contribution in [3.63, 3.8) is 0 Å². The van der Waals surface area contributed by atoms with Crippen molar-refractivity contribution in [2.24, 2.45) is 0 Å². The fourth-order valence-corrected chi connectivity index (χ4v) is 1.60. The van der Waals surface area contributed by atoms with E-state index in [2.05, 4.69) is 29.5 Å². The molecule has 0 saturated carbocycles. The third-order valence-electron chi connectivity index (χ3n) is 2.80. The number of carbonyl (C=O) groups excluding carboxylic acids is 1. The van der Waals surface area contributed by atoms with E-state index in [0.29, 0.717) is 18.0 Å². The third kappa shape index (κ3) is 4.87. The zero-order valence-corrected chi connectivity index (χ0v) is 12.4. The maximum Gasteiger partial charge on any atom is 0.251 e. The van der Waals surface area contributed by atoms with Crippen LogP contribution in [0.2, 0.25) is 0 Å². The lowest BCUT2D eigenvalue weighted by Gasteiger charge is -2.13. The molecule has 0 aliphatic carbocycles. The van der Waals surface area contributed by atoms with E-state index in [9.17, 15) is 4.79 Å². The number of aromatic nitrogens is 1. The van der Waals surface area contributed by atoms with Gasteiger partial charge in [-0.2, -0.15) is 0 Å². The molecule has 1 rings (SSSR count). The average Bonchev–Trinajstić information content (AvgIpc) is 2.37. The number of carbonyl (C=O) groups is 1. The number of hydrogen-bond acceptors (Lipinski definition) is 4. The maximum atomic E-state index is 12.1. The Morgan fingerprint density at radius 1 is 1.37 bits per heavy atom. The molecule has 0 aliphatic rings. The van der Waals surface area contributed by atoms with Crippen molar-refractivity contribution >= 4 is 11.7 Å². The molecule has 19 heavy (non-hydrogen) atoms. The molecular weight excluding hydrogens is 240 g/mol. The second kappa shape index (κ2) is 7.09. The van der Waals surface area contributed by atoms with Crippen LogP contribution < -0.4 is 10.6 Å². The standard InChI is InChI=1S/C14H24N4O/c1-10(2)12-8-11(9-13(15-3)17-12)14(19)16-6-7-18(4)5/h8-10H,6-7H2,1-5H3,(H,15,17)(H,16,19). The molecule has 5 heteroatoms. The number of amides is 1. The van der Waals surface area contributed by atoms with E-state index in [1.165, 1.54) is 0 Å². The SMILES string of the molecule is CNc1cc(C(=O)NCCN(C)C)cc(C(C)C)n1. The van der Waals surface area contributed by atoms with Gasteiger partial charge in [-0.05, 0) is 32.1 Å². The van der Waals surface area contributed by atoms with Crippen LogP contribution in [-0.2, 0) is 0 Å². The van der Waals surface area contributed by atoms with Crippen molar-refractivity contribution in [2.45, 2.75) is 19.8 Å². The first kappa shape index (κ1) is 15.4. The lowest BCUT2D eigenvalue weighted by Crippen LogP contribution is -2.31. The van der Waals surface area contributed by atoms with Crippen LogP contribution in [0.15, 0.2) is 12.1 Å². The van der Waals surface area contributed by atoms with Crippen LogP contribution in [0.3, 0.4) is 0 Å². The van der Waals surface area contributed by atoms with Crippen LogP contribution in [0.1, 0.15) is 35.8 Å². The minimum atomic E-state index is -0.0531. The van der Waals surface area contributed by atoms with Gasteiger partial charge in [-0.1, -0.05) is 13.8 Å². The summed E-state index contributed by atoms with van der Waals surface area (Å²) >= 11 is 0. The van der Waals surface area contributed by atoms with Gasteiger partial charge in [0.1, 0.15) is 5.82 Å². The first-order chi connectivity index (χ1) is 8.93.